The van der Waals surface area contributed by atoms with Gasteiger partial charge in [-0.25, -0.2) is 4.57 Å². The molecule has 0 radical (unpaired) electrons. The van der Waals surface area contributed by atoms with Crippen molar-refractivity contribution in [2.45, 2.75) is 335 Å². The zero-order valence-electron chi connectivity index (χ0n) is 49.4. The van der Waals surface area contributed by atoms with Crippen LogP contribution in [-0.4, -0.2) is 74.9 Å². The lowest BCUT2D eigenvalue weighted by molar-refractivity contribution is -0.870. The number of phosphoric ester groups is 1. The first kappa shape index (κ1) is 71.8. The number of ether oxygens (including phenoxy) is 2. The van der Waals surface area contributed by atoms with Crippen LogP contribution >= 0.6 is 7.82 Å². The lowest BCUT2D eigenvalue weighted by Crippen LogP contribution is -2.37. The number of rotatable bonds is 60. The number of phosphoric acid groups is 1. The van der Waals surface area contributed by atoms with E-state index < -0.39 is 26.5 Å². The minimum atomic E-state index is -4.38. The van der Waals surface area contributed by atoms with Crippen LogP contribution in [0, 0.1) is 0 Å². The Bertz CT molecular complexity index is 1240. The highest BCUT2D eigenvalue weighted by Crippen LogP contribution is 2.43. The van der Waals surface area contributed by atoms with E-state index in [1.165, 1.54) is 263 Å². The van der Waals surface area contributed by atoms with Gasteiger partial charge < -0.3 is 18.9 Å². The molecule has 0 amide bonds. The number of hydrogen-bond acceptors (Lipinski definition) is 7. The van der Waals surface area contributed by atoms with Crippen molar-refractivity contribution < 1.29 is 42.1 Å². The average molecular weight is 1060 g/mol. The summed E-state index contributed by atoms with van der Waals surface area (Å²) in [6, 6.07) is 0. The lowest BCUT2D eigenvalue weighted by Gasteiger charge is -2.24. The molecule has 0 saturated carbocycles. The molecule has 0 aliphatic heterocycles. The molecule has 0 spiro atoms. The van der Waals surface area contributed by atoms with E-state index in [4.69, 9.17) is 18.5 Å². The molecule has 73 heavy (non-hydrogen) atoms. The minimum Gasteiger partial charge on any atom is -0.462 e. The molecule has 0 aliphatic rings. The molecule has 9 nitrogen and oxygen atoms in total. The summed E-state index contributed by atoms with van der Waals surface area (Å²) in [6.07, 6.45) is 65.8. The third kappa shape index (κ3) is 59.8. The van der Waals surface area contributed by atoms with Gasteiger partial charge in [-0.05, 0) is 38.5 Å². The fourth-order valence-electron chi connectivity index (χ4n) is 9.60. The summed E-state index contributed by atoms with van der Waals surface area (Å²) >= 11 is 0. The third-order valence-electron chi connectivity index (χ3n) is 14.5. The first-order valence-corrected chi connectivity index (χ1v) is 33.4. The number of allylic oxidation sites excluding steroid dienone is 2. The Labute approximate surface area is 454 Å². The smallest absolute Gasteiger partial charge is 0.462 e. The first-order valence-electron chi connectivity index (χ1n) is 31.9. The van der Waals surface area contributed by atoms with Gasteiger partial charge in [-0.15, -0.1) is 0 Å². The second kappa shape index (κ2) is 55.5. The van der Waals surface area contributed by atoms with Crippen LogP contribution in [0.25, 0.3) is 0 Å². The van der Waals surface area contributed by atoms with Gasteiger partial charge in [-0.1, -0.05) is 289 Å². The number of unbranched alkanes of at least 4 members (excludes halogenated alkanes) is 44. The number of likely N-dealkylation sites (N-methyl/N-ethyl adjacent to an activating group) is 1. The SMILES string of the molecule is CCCCCCCCCC/C=C\CCCCCCCCCCCCCCCC(=O)OC(COC(=O)CCCCCCCCCCCCCCCCCCCCCCCCCC)COP(=O)(O)OCC[N+](C)(C)C. The number of nitrogens with zero attached hydrogens (tertiary/aromatic N) is 1. The van der Waals surface area contributed by atoms with Gasteiger partial charge in [0.05, 0.1) is 27.7 Å². The zero-order valence-corrected chi connectivity index (χ0v) is 50.3. The highest BCUT2D eigenvalue weighted by atomic mass is 31.2. The fraction of sp³-hybridized carbons (Fsp3) is 0.937. The predicted octanol–water partition coefficient (Wildman–Crippen LogP) is 20.0. The van der Waals surface area contributed by atoms with E-state index in [2.05, 4.69) is 26.0 Å². The van der Waals surface area contributed by atoms with E-state index >= 15 is 0 Å². The molecular formula is C63H125NO8P+. The highest BCUT2D eigenvalue weighted by molar-refractivity contribution is 7.47. The van der Waals surface area contributed by atoms with Gasteiger partial charge in [-0.3, -0.25) is 18.6 Å². The van der Waals surface area contributed by atoms with Crippen LogP contribution in [0.4, 0.5) is 0 Å². The minimum absolute atomic E-state index is 0.0359. The summed E-state index contributed by atoms with van der Waals surface area (Å²) in [7, 11) is 1.50. The van der Waals surface area contributed by atoms with Crippen molar-refractivity contribution in [3.05, 3.63) is 12.2 Å². The van der Waals surface area contributed by atoms with Crippen LogP contribution < -0.4 is 0 Å². The molecule has 1 N–H and O–H groups in total. The van der Waals surface area contributed by atoms with E-state index in [1.54, 1.807) is 0 Å². The summed E-state index contributed by atoms with van der Waals surface area (Å²) in [4.78, 5) is 35.8. The molecule has 434 valence electrons. The molecule has 0 fully saturated rings. The van der Waals surface area contributed by atoms with Crippen molar-refractivity contribution in [3.8, 4) is 0 Å². The van der Waals surface area contributed by atoms with E-state index in [1.807, 2.05) is 21.1 Å². The molecule has 2 unspecified atom stereocenters. The topological polar surface area (TPSA) is 108 Å². The van der Waals surface area contributed by atoms with Crippen LogP contribution in [0.3, 0.4) is 0 Å². The van der Waals surface area contributed by atoms with Gasteiger partial charge in [0, 0.05) is 12.8 Å². The van der Waals surface area contributed by atoms with Crippen LogP contribution in [0.2, 0.25) is 0 Å². The monoisotopic (exact) mass is 1050 g/mol. The summed E-state index contributed by atoms with van der Waals surface area (Å²) in [6.45, 7) is 4.51. The molecule has 0 aromatic heterocycles. The molecule has 2 atom stereocenters. The normalized spacial score (nSPS) is 13.2. The molecule has 0 bridgehead atoms. The second-order valence-corrected chi connectivity index (χ2v) is 24.6. The van der Waals surface area contributed by atoms with Gasteiger partial charge in [0.2, 0.25) is 0 Å². The molecule has 0 aliphatic carbocycles. The third-order valence-corrected chi connectivity index (χ3v) is 15.5. The van der Waals surface area contributed by atoms with Gasteiger partial charge in [-0.2, -0.15) is 0 Å². The van der Waals surface area contributed by atoms with E-state index in [-0.39, 0.29) is 25.6 Å². The van der Waals surface area contributed by atoms with Crippen LogP contribution in [0.1, 0.15) is 328 Å². The van der Waals surface area contributed by atoms with Gasteiger partial charge in [0.1, 0.15) is 19.8 Å². The Hall–Kier alpha value is -1.25. The van der Waals surface area contributed by atoms with E-state index in [0.717, 1.165) is 32.1 Å². The van der Waals surface area contributed by atoms with Crippen molar-refractivity contribution in [3.63, 3.8) is 0 Å². The maximum absolute atomic E-state index is 12.8. The summed E-state index contributed by atoms with van der Waals surface area (Å²) in [5.41, 5.74) is 0. The Morgan fingerprint density at radius 1 is 0.411 bits per heavy atom. The maximum Gasteiger partial charge on any atom is 0.472 e. The molecule has 0 aromatic rings. The summed E-state index contributed by atoms with van der Waals surface area (Å²) in [5, 5.41) is 0. The van der Waals surface area contributed by atoms with Gasteiger partial charge in [0.15, 0.2) is 6.10 Å². The highest BCUT2D eigenvalue weighted by Gasteiger charge is 2.27. The number of quaternary nitrogens is 1. The molecule has 0 rings (SSSR count). The quantitative estimate of drug-likeness (QED) is 0.0211. The average Bonchev–Trinajstić information content (AvgIpc) is 3.35. The lowest BCUT2D eigenvalue weighted by atomic mass is 10.0. The maximum atomic E-state index is 12.8. The molecule has 0 heterocycles. The number of carbonyl (C=O) groups excluding carboxylic acids is 2. The Balaban J connectivity index is 4.06. The van der Waals surface area contributed by atoms with Crippen molar-refractivity contribution in [2.24, 2.45) is 0 Å². The molecule has 0 saturated heterocycles. The van der Waals surface area contributed by atoms with E-state index in [0.29, 0.717) is 23.9 Å². The van der Waals surface area contributed by atoms with Crippen LogP contribution in [0.5, 0.6) is 0 Å². The molecular weight excluding hydrogens is 930 g/mol. The van der Waals surface area contributed by atoms with Crippen molar-refractivity contribution in [1.82, 2.24) is 0 Å². The fourth-order valence-corrected chi connectivity index (χ4v) is 10.3. The Morgan fingerprint density at radius 2 is 0.699 bits per heavy atom. The second-order valence-electron chi connectivity index (χ2n) is 23.2. The van der Waals surface area contributed by atoms with Crippen molar-refractivity contribution in [2.75, 3.05) is 47.5 Å². The number of esters is 2. The zero-order chi connectivity index (χ0) is 53.5. The van der Waals surface area contributed by atoms with Crippen LogP contribution in [-0.2, 0) is 32.7 Å². The van der Waals surface area contributed by atoms with Gasteiger partial charge in [0.25, 0.3) is 0 Å². The van der Waals surface area contributed by atoms with Gasteiger partial charge >= 0.3 is 19.8 Å². The number of carbonyl (C=O) groups is 2. The van der Waals surface area contributed by atoms with E-state index in [9.17, 15) is 19.0 Å². The Kier molecular flexibility index (Phi) is 54.6. The molecule has 0 aromatic carbocycles. The van der Waals surface area contributed by atoms with Crippen LogP contribution in [0.15, 0.2) is 12.2 Å². The molecule has 10 heteroatoms. The summed E-state index contributed by atoms with van der Waals surface area (Å²) < 4.78 is 34.7. The largest absolute Gasteiger partial charge is 0.472 e. The van der Waals surface area contributed by atoms with Crippen molar-refractivity contribution in [1.29, 1.82) is 0 Å². The first-order chi connectivity index (χ1) is 35.5. The summed E-state index contributed by atoms with van der Waals surface area (Å²) in [5.74, 6) is -0.775. The number of hydrogen-bond donors (Lipinski definition) is 1. The predicted molar refractivity (Wildman–Crippen MR) is 312 cm³/mol. The standard InChI is InChI=1S/C63H124NO8P/c1-6-8-10-12-14-16-18-20-22-24-26-28-30-32-34-36-38-40-42-44-46-48-50-52-54-56-63(66)72-61(60-71-73(67,68)70-58-57-64(3,4)5)59-69-62(65)55-53-51-49-47-45-43-41-39-37-35-33-31-29-27-25-23-21-19-17-15-13-11-9-7-2/h24,26,61H,6-23,25,27-60H2,1-5H3/p+1/b26-24-. The van der Waals surface area contributed by atoms with Crippen molar-refractivity contribution >= 4 is 19.8 Å². The Morgan fingerprint density at radius 3 is 1.01 bits per heavy atom.